The first-order valence-electron chi connectivity index (χ1n) is 8.15. The molecular weight excluding hydrogens is 400 g/mol. The molecule has 0 radical (unpaired) electrons. The number of amides is 1. The molecule has 2 aromatic carbocycles. The van der Waals surface area contributed by atoms with Crippen LogP contribution in [0.25, 0.3) is 0 Å². The van der Waals surface area contributed by atoms with Crippen molar-refractivity contribution >= 4 is 28.1 Å². The fraction of sp³-hybridized carbons (Fsp3) is 0.263. The Morgan fingerprint density at radius 2 is 1.77 bits per heavy atom. The van der Waals surface area contributed by atoms with E-state index in [1.807, 2.05) is 32.0 Å². The smallest absolute Gasteiger partial charge is 0.271 e. The number of carbonyl (C=O) groups excluding carboxylic acids is 1. The molecule has 0 saturated heterocycles. The van der Waals surface area contributed by atoms with Gasteiger partial charge < -0.3 is 14.2 Å². The Morgan fingerprint density at radius 3 is 2.46 bits per heavy atom. The van der Waals surface area contributed by atoms with Gasteiger partial charge in [0.15, 0.2) is 11.5 Å². The molecule has 2 rings (SSSR count). The molecule has 0 aliphatic heterocycles. The topological polar surface area (TPSA) is 69.2 Å². The van der Waals surface area contributed by atoms with Gasteiger partial charge in [0.25, 0.3) is 5.91 Å². The molecule has 0 saturated carbocycles. The van der Waals surface area contributed by atoms with Gasteiger partial charge in [0.2, 0.25) is 0 Å². The maximum atomic E-state index is 12.3. The molecule has 0 atom stereocenters. The van der Waals surface area contributed by atoms with E-state index in [0.29, 0.717) is 36.0 Å². The van der Waals surface area contributed by atoms with Gasteiger partial charge in [-0.05, 0) is 50.2 Å². The van der Waals surface area contributed by atoms with Crippen LogP contribution in [0.4, 0.5) is 0 Å². The summed E-state index contributed by atoms with van der Waals surface area (Å²) < 4.78 is 17.1. The van der Waals surface area contributed by atoms with E-state index in [-0.39, 0.29) is 5.91 Å². The highest BCUT2D eigenvalue weighted by Gasteiger charge is 2.10. The van der Waals surface area contributed by atoms with Crippen LogP contribution in [0, 0.1) is 0 Å². The first-order chi connectivity index (χ1) is 12.6. The van der Waals surface area contributed by atoms with E-state index in [9.17, 15) is 4.79 Å². The van der Waals surface area contributed by atoms with E-state index in [1.165, 1.54) is 0 Å². The summed E-state index contributed by atoms with van der Waals surface area (Å²) in [5, 5.41) is 4.02. The second-order valence-corrected chi connectivity index (χ2v) is 6.03. The van der Waals surface area contributed by atoms with Crippen molar-refractivity contribution in [3.63, 3.8) is 0 Å². The molecule has 26 heavy (non-hydrogen) atoms. The van der Waals surface area contributed by atoms with Crippen molar-refractivity contribution in [1.29, 1.82) is 0 Å². The highest BCUT2D eigenvalue weighted by molar-refractivity contribution is 9.10. The number of halogens is 1. The van der Waals surface area contributed by atoms with Gasteiger partial charge in [-0.25, -0.2) is 5.43 Å². The minimum Gasteiger partial charge on any atom is -0.493 e. The van der Waals surface area contributed by atoms with Crippen LogP contribution in [0.5, 0.6) is 17.2 Å². The molecule has 7 heteroatoms. The Labute approximate surface area is 161 Å². The number of nitrogens with zero attached hydrogens (tertiary/aromatic N) is 1. The highest BCUT2D eigenvalue weighted by Crippen LogP contribution is 2.28. The number of methoxy groups -OCH3 is 1. The van der Waals surface area contributed by atoms with Gasteiger partial charge in [0.05, 0.1) is 26.5 Å². The summed E-state index contributed by atoms with van der Waals surface area (Å²) >= 11 is 3.41. The molecular formula is C19H21BrN2O4. The number of benzene rings is 2. The van der Waals surface area contributed by atoms with E-state index in [4.69, 9.17) is 14.2 Å². The number of nitrogens with one attached hydrogen (secondary N) is 1. The van der Waals surface area contributed by atoms with Crippen LogP contribution < -0.4 is 19.6 Å². The largest absolute Gasteiger partial charge is 0.493 e. The van der Waals surface area contributed by atoms with E-state index in [1.54, 1.807) is 31.5 Å². The fourth-order valence-electron chi connectivity index (χ4n) is 2.22. The average molecular weight is 421 g/mol. The van der Waals surface area contributed by atoms with Crippen molar-refractivity contribution in [2.24, 2.45) is 5.10 Å². The first-order valence-corrected chi connectivity index (χ1v) is 8.94. The average Bonchev–Trinajstić information content (AvgIpc) is 2.64. The van der Waals surface area contributed by atoms with Crippen molar-refractivity contribution < 1.29 is 19.0 Å². The number of ether oxygens (including phenoxy) is 3. The summed E-state index contributed by atoms with van der Waals surface area (Å²) in [4.78, 5) is 12.3. The Balaban J connectivity index is 2.12. The lowest BCUT2D eigenvalue weighted by molar-refractivity contribution is 0.0954. The van der Waals surface area contributed by atoms with Gasteiger partial charge in [0.1, 0.15) is 5.75 Å². The predicted molar refractivity (Wildman–Crippen MR) is 105 cm³/mol. The number of hydrogen-bond donors (Lipinski definition) is 1. The summed E-state index contributed by atoms with van der Waals surface area (Å²) in [5.74, 6) is 1.43. The zero-order chi connectivity index (χ0) is 18.9. The van der Waals surface area contributed by atoms with Crippen molar-refractivity contribution in [3.8, 4) is 17.2 Å². The van der Waals surface area contributed by atoms with Crippen molar-refractivity contribution in [3.05, 3.63) is 52.0 Å². The van der Waals surface area contributed by atoms with Crippen molar-refractivity contribution in [2.75, 3.05) is 20.3 Å². The summed E-state index contributed by atoms with van der Waals surface area (Å²) in [6, 6.07) is 10.5. The maximum Gasteiger partial charge on any atom is 0.271 e. The summed E-state index contributed by atoms with van der Waals surface area (Å²) in [7, 11) is 1.55. The minimum atomic E-state index is -0.349. The maximum absolute atomic E-state index is 12.3. The Bertz CT molecular complexity index is 793. The van der Waals surface area contributed by atoms with Crippen LogP contribution >= 0.6 is 15.9 Å². The van der Waals surface area contributed by atoms with Gasteiger partial charge >= 0.3 is 0 Å². The predicted octanol–water partition coefficient (Wildman–Crippen LogP) is 4.02. The zero-order valence-electron chi connectivity index (χ0n) is 14.9. The summed E-state index contributed by atoms with van der Waals surface area (Å²) in [5.41, 5.74) is 3.68. The normalized spacial score (nSPS) is 10.6. The molecule has 0 aromatic heterocycles. The zero-order valence-corrected chi connectivity index (χ0v) is 16.5. The molecule has 0 heterocycles. The molecule has 0 fully saturated rings. The molecule has 0 bridgehead atoms. The first kappa shape index (κ1) is 19.8. The van der Waals surface area contributed by atoms with Crippen LogP contribution in [0.15, 0.2) is 46.0 Å². The number of carbonyl (C=O) groups is 1. The van der Waals surface area contributed by atoms with Gasteiger partial charge in [-0.15, -0.1) is 0 Å². The summed E-state index contributed by atoms with van der Waals surface area (Å²) in [6.07, 6.45) is 1.54. The van der Waals surface area contributed by atoms with Gasteiger partial charge in [-0.1, -0.05) is 15.9 Å². The monoisotopic (exact) mass is 420 g/mol. The molecule has 0 aliphatic carbocycles. The Morgan fingerprint density at radius 1 is 1.08 bits per heavy atom. The van der Waals surface area contributed by atoms with Crippen LogP contribution in [0.3, 0.4) is 0 Å². The standard InChI is InChI=1S/C19H21BrN2O4/c1-4-25-16-9-7-15(20)10-14(16)12-21-22-19(23)13-6-8-17(24-3)18(11-13)26-5-2/h6-12H,4-5H2,1-3H3,(H,22,23)/b21-12+. The molecule has 0 spiro atoms. The van der Waals surface area contributed by atoms with E-state index in [2.05, 4.69) is 26.5 Å². The SMILES string of the molecule is CCOc1ccc(Br)cc1/C=N/NC(=O)c1ccc(OC)c(OCC)c1. The third-order valence-corrected chi connectivity index (χ3v) is 3.86. The quantitative estimate of drug-likeness (QED) is 0.517. The van der Waals surface area contributed by atoms with Gasteiger partial charge in [0, 0.05) is 15.6 Å². The number of hydrazone groups is 1. The second-order valence-electron chi connectivity index (χ2n) is 5.11. The number of hydrogen-bond acceptors (Lipinski definition) is 5. The molecule has 0 unspecified atom stereocenters. The lowest BCUT2D eigenvalue weighted by Crippen LogP contribution is -2.17. The van der Waals surface area contributed by atoms with Crippen LogP contribution in [-0.4, -0.2) is 32.4 Å². The third kappa shape index (κ3) is 5.23. The minimum absolute atomic E-state index is 0.349. The molecule has 1 N–H and O–H groups in total. The second kappa shape index (κ2) is 9.82. The Kier molecular flexibility index (Phi) is 7.47. The van der Waals surface area contributed by atoms with E-state index in [0.717, 1.165) is 10.0 Å². The highest BCUT2D eigenvalue weighted by atomic mass is 79.9. The molecule has 0 aliphatic rings. The lowest BCUT2D eigenvalue weighted by atomic mass is 10.2. The van der Waals surface area contributed by atoms with E-state index < -0.39 is 0 Å². The molecule has 138 valence electrons. The Hall–Kier alpha value is -2.54. The fourth-order valence-corrected chi connectivity index (χ4v) is 2.60. The van der Waals surface area contributed by atoms with Crippen LogP contribution in [0.1, 0.15) is 29.8 Å². The molecule has 6 nitrogen and oxygen atoms in total. The van der Waals surface area contributed by atoms with Crippen LogP contribution in [0.2, 0.25) is 0 Å². The van der Waals surface area contributed by atoms with Crippen LogP contribution in [-0.2, 0) is 0 Å². The van der Waals surface area contributed by atoms with Crippen molar-refractivity contribution in [1.82, 2.24) is 5.43 Å². The van der Waals surface area contributed by atoms with E-state index >= 15 is 0 Å². The molecule has 1 amide bonds. The van der Waals surface area contributed by atoms with Gasteiger partial charge in [-0.3, -0.25) is 4.79 Å². The van der Waals surface area contributed by atoms with Crippen molar-refractivity contribution in [2.45, 2.75) is 13.8 Å². The van der Waals surface area contributed by atoms with Gasteiger partial charge in [-0.2, -0.15) is 5.10 Å². The molecule has 2 aromatic rings. The lowest BCUT2D eigenvalue weighted by Gasteiger charge is -2.10. The summed E-state index contributed by atoms with van der Waals surface area (Å²) in [6.45, 7) is 4.79. The number of rotatable bonds is 8. The third-order valence-electron chi connectivity index (χ3n) is 3.37.